The number of nitrogen functional groups attached to an aromatic ring is 1. The first-order valence-electron chi connectivity index (χ1n) is 9.70. The zero-order valence-corrected chi connectivity index (χ0v) is 18.2. The van der Waals surface area contributed by atoms with Gasteiger partial charge in [-0.15, -0.1) is 0 Å². The van der Waals surface area contributed by atoms with E-state index in [9.17, 15) is 13.3 Å². The number of anilines is 1. The lowest BCUT2D eigenvalue weighted by atomic mass is 10.1. The van der Waals surface area contributed by atoms with E-state index in [4.69, 9.17) is 24.8 Å². The number of pyridine rings is 2. The zero-order valence-electron chi connectivity index (χ0n) is 17.3. The molecule has 13 heteroatoms. The maximum Gasteiger partial charge on any atom is 0.472 e. The SMILES string of the molecule is Nc1c(-c2cc(Cc3ccc(Oc4ncc(F)cc4F)cc3)no2)ccc[n+]1COP(=O)(O)O. The predicted molar refractivity (Wildman–Crippen MR) is 113 cm³/mol. The van der Waals surface area contributed by atoms with Crippen LogP contribution in [0.4, 0.5) is 14.6 Å². The van der Waals surface area contributed by atoms with Crippen LogP contribution in [-0.2, 0) is 22.2 Å². The number of benzene rings is 1. The molecule has 0 bridgehead atoms. The Hall–Kier alpha value is -3.70. The first kappa shape index (κ1) is 23.5. The molecule has 0 fully saturated rings. The van der Waals surface area contributed by atoms with E-state index in [0.29, 0.717) is 35.3 Å². The van der Waals surface area contributed by atoms with Crippen molar-refractivity contribution in [2.75, 3.05) is 5.73 Å². The van der Waals surface area contributed by atoms with Crippen LogP contribution >= 0.6 is 7.82 Å². The second kappa shape index (κ2) is 9.65. The third-order valence-corrected chi connectivity index (χ3v) is 5.05. The van der Waals surface area contributed by atoms with Crippen LogP contribution in [0, 0.1) is 11.6 Å². The second-order valence-electron chi connectivity index (χ2n) is 7.07. The molecule has 0 aliphatic heterocycles. The summed E-state index contributed by atoms with van der Waals surface area (Å²) in [7, 11) is -4.66. The summed E-state index contributed by atoms with van der Waals surface area (Å²) in [6.07, 6.45) is 2.77. The summed E-state index contributed by atoms with van der Waals surface area (Å²) in [6.45, 7) is -0.448. The number of ether oxygens (including phenoxy) is 1. The van der Waals surface area contributed by atoms with Gasteiger partial charge in [0.2, 0.25) is 6.73 Å². The molecule has 0 atom stereocenters. The summed E-state index contributed by atoms with van der Waals surface area (Å²) in [5.41, 5.74) is 7.99. The minimum atomic E-state index is -4.66. The number of nitrogens with zero attached hydrogens (tertiary/aromatic N) is 3. The lowest BCUT2D eigenvalue weighted by molar-refractivity contribution is -0.711. The average Bonchev–Trinajstić information content (AvgIpc) is 3.24. The quantitative estimate of drug-likeness (QED) is 0.250. The highest BCUT2D eigenvalue weighted by Crippen LogP contribution is 2.35. The largest absolute Gasteiger partial charge is 0.472 e. The lowest BCUT2D eigenvalue weighted by Gasteiger charge is -2.07. The minimum Gasteiger partial charge on any atom is -0.436 e. The van der Waals surface area contributed by atoms with Crippen LogP contribution in [0.2, 0.25) is 0 Å². The van der Waals surface area contributed by atoms with Gasteiger partial charge in [0.25, 0.3) is 11.7 Å². The molecular weight excluding hydrogens is 473 g/mol. The predicted octanol–water partition coefficient (Wildman–Crippen LogP) is 3.33. The van der Waals surface area contributed by atoms with Gasteiger partial charge in [-0.2, -0.15) is 0 Å². The Morgan fingerprint density at radius 3 is 2.62 bits per heavy atom. The Morgan fingerprint density at radius 2 is 1.91 bits per heavy atom. The van der Waals surface area contributed by atoms with Crippen LogP contribution < -0.4 is 15.0 Å². The maximum atomic E-state index is 13.7. The van der Waals surface area contributed by atoms with Gasteiger partial charge in [0, 0.05) is 18.6 Å². The summed E-state index contributed by atoms with van der Waals surface area (Å²) >= 11 is 0. The van der Waals surface area contributed by atoms with Gasteiger partial charge in [-0.05, 0) is 29.8 Å². The highest BCUT2D eigenvalue weighted by atomic mass is 31.2. The van der Waals surface area contributed by atoms with Crippen LogP contribution in [-0.4, -0.2) is 19.9 Å². The van der Waals surface area contributed by atoms with E-state index in [1.165, 1.54) is 10.8 Å². The number of hydrogen-bond acceptors (Lipinski definition) is 7. The number of phosphoric ester groups is 1. The summed E-state index contributed by atoms with van der Waals surface area (Å²) in [6, 6.07) is 12.4. The highest BCUT2D eigenvalue weighted by molar-refractivity contribution is 7.46. The van der Waals surface area contributed by atoms with Crippen molar-refractivity contribution in [2.24, 2.45) is 0 Å². The first-order chi connectivity index (χ1) is 16.2. The van der Waals surface area contributed by atoms with Gasteiger partial charge in [0.1, 0.15) is 17.1 Å². The van der Waals surface area contributed by atoms with Crippen molar-refractivity contribution < 1.29 is 41.5 Å². The number of rotatable bonds is 8. The maximum absolute atomic E-state index is 13.7. The monoisotopic (exact) mass is 491 g/mol. The third-order valence-electron chi connectivity index (χ3n) is 4.60. The molecule has 0 spiro atoms. The fourth-order valence-corrected chi connectivity index (χ4v) is 3.29. The van der Waals surface area contributed by atoms with Gasteiger partial charge in [0.05, 0.1) is 18.1 Å². The van der Waals surface area contributed by atoms with Crippen molar-refractivity contribution in [1.82, 2.24) is 10.1 Å². The van der Waals surface area contributed by atoms with Gasteiger partial charge in [-0.25, -0.2) is 27.4 Å². The summed E-state index contributed by atoms with van der Waals surface area (Å²) in [4.78, 5) is 21.3. The van der Waals surface area contributed by atoms with E-state index >= 15 is 0 Å². The standard InChI is InChI=1S/C21H17F2N4O6P/c22-14-9-18(23)21(25-11-14)32-16-5-3-13(4-6-16)8-15-10-19(33-26-15)17-2-1-7-27(20(17)24)12-31-34(28,29)30/h1-7,9-11,24H,8,12H2,(H2,28,29,30)/p+1. The number of phosphoric acid groups is 1. The van der Waals surface area contributed by atoms with Crippen molar-refractivity contribution in [1.29, 1.82) is 0 Å². The molecule has 4 aromatic rings. The van der Waals surface area contributed by atoms with Crippen molar-refractivity contribution in [3.8, 4) is 23.0 Å². The Kier molecular flexibility index (Phi) is 6.66. The summed E-state index contributed by atoms with van der Waals surface area (Å²) in [5, 5.41) is 4.03. The van der Waals surface area contributed by atoms with E-state index in [-0.39, 0.29) is 11.7 Å². The summed E-state index contributed by atoms with van der Waals surface area (Å²) < 4.78 is 54.1. The number of halogens is 2. The van der Waals surface area contributed by atoms with E-state index < -0.39 is 26.2 Å². The topological polar surface area (TPSA) is 145 Å². The molecule has 4 rings (SSSR count). The number of nitrogens with two attached hydrogens (primary N) is 1. The van der Waals surface area contributed by atoms with Gasteiger partial charge in [-0.3, -0.25) is 5.73 Å². The molecule has 176 valence electrons. The molecule has 10 nitrogen and oxygen atoms in total. The molecule has 3 aromatic heterocycles. The number of hydrogen-bond donors (Lipinski definition) is 3. The van der Waals surface area contributed by atoms with Gasteiger partial charge in [-0.1, -0.05) is 17.3 Å². The lowest BCUT2D eigenvalue weighted by Crippen LogP contribution is -2.38. The number of aromatic nitrogens is 3. The molecular formula is C21H18F2N4O6P+. The van der Waals surface area contributed by atoms with Crippen LogP contribution in [0.3, 0.4) is 0 Å². The van der Waals surface area contributed by atoms with Crippen molar-refractivity contribution in [3.05, 3.63) is 83.8 Å². The highest BCUT2D eigenvalue weighted by Gasteiger charge is 2.20. The molecule has 0 aliphatic rings. The Morgan fingerprint density at radius 1 is 1.15 bits per heavy atom. The Labute approximate surface area is 191 Å². The van der Waals surface area contributed by atoms with Gasteiger partial charge in [0.15, 0.2) is 11.6 Å². The molecule has 3 heterocycles. The van der Waals surface area contributed by atoms with Gasteiger partial charge >= 0.3 is 7.82 Å². The minimum absolute atomic E-state index is 0.168. The Balaban J connectivity index is 1.44. The molecule has 0 unspecified atom stereocenters. The van der Waals surface area contributed by atoms with Crippen molar-refractivity contribution in [2.45, 2.75) is 13.2 Å². The molecule has 1 aromatic carbocycles. The molecule has 34 heavy (non-hydrogen) atoms. The molecule has 0 amide bonds. The van der Waals surface area contributed by atoms with Crippen LogP contribution in [0.5, 0.6) is 11.6 Å². The third kappa shape index (κ3) is 5.80. The summed E-state index contributed by atoms with van der Waals surface area (Å²) in [5.74, 6) is -1.19. The molecule has 0 radical (unpaired) electrons. The van der Waals surface area contributed by atoms with Crippen molar-refractivity contribution in [3.63, 3.8) is 0 Å². The van der Waals surface area contributed by atoms with Crippen molar-refractivity contribution >= 4 is 13.6 Å². The fraction of sp³-hybridized carbons (Fsp3) is 0.0952. The van der Waals surface area contributed by atoms with Crippen LogP contribution in [0.1, 0.15) is 11.3 Å². The molecule has 4 N–H and O–H groups in total. The van der Waals surface area contributed by atoms with Gasteiger partial charge < -0.3 is 19.0 Å². The average molecular weight is 491 g/mol. The molecule has 0 saturated carbocycles. The smallest absolute Gasteiger partial charge is 0.436 e. The zero-order chi connectivity index (χ0) is 24.3. The second-order valence-corrected chi connectivity index (χ2v) is 8.31. The van der Waals surface area contributed by atoms with Crippen LogP contribution in [0.15, 0.2) is 65.4 Å². The van der Waals surface area contributed by atoms with E-state index in [0.717, 1.165) is 11.8 Å². The van der Waals surface area contributed by atoms with E-state index in [1.807, 2.05) is 0 Å². The normalized spacial score (nSPS) is 11.5. The van der Waals surface area contributed by atoms with E-state index in [2.05, 4.69) is 14.7 Å². The van der Waals surface area contributed by atoms with E-state index in [1.54, 1.807) is 42.5 Å². The molecule has 0 saturated heterocycles. The molecule has 0 aliphatic carbocycles. The Bertz CT molecular complexity index is 1360. The fourth-order valence-electron chi connectivity index (χ4n) is 3.02. The first-order valence-corrected chi connectivity index (χ1v) is 11.2. The van der Waals surface area contributed by atoms with Crippen LogP contribution in [0.25, 0.3) is 11.3 Å².